The van der Waals surface area contributed by atoms with Crippen LogP contribution in [0.2, 0.25) is 0 Å². The predicted octanol–water partition coefficient (Wildman–Crippen LogP) is 1.57. The molecule has 0 fully saturated rings. The average Bonchev–Trinajstić information content (AvgIpc) is 2.53. The van der Waals surface area contributed by atoms with Gasteiger partial charge in [-0.15, -0.1) is 11.3 Å². The second kappa shape index (κ2) is 4.91. The van der Waals surface area contributed by atoms with Gasteiger partial charge in [0, 0.05) is 22.9 Å². The molecule has 5 heteroatoms. The first-order valence-corrected chi connectivity index (χ1v) is 7.40. The molecule has 1 atom stereocenters. The minimum absolute atomic E-state index is 0.0169. The third-order valence-corrected chi connectivity index (χ3v) is 3.97. The van der Waals surface area contributed by atoms with Crippen molar-refractivity contribution in [3.8, 4) is 0 Å². The summed E-state index contributed by atoms with van der Waals surface area (Å²) in [5.74, 6) is 0.228. The fraction of sp³-hybridized carbons (Fsp3) is 0.556. The summed E-state index contributed by atoms with van der Waals surface area (Å²) < 4.78 is 21.7. The number of nitrogens with two attached hydrogens (primary N) is 1. The second-order valence-electron chi connectivity index (χ2n) is 3.39. The fourth-order valence-electron chi connectivity index (χ4n) is 1.21. The van der Waals surface area contributed by atoms with Crippen LogP contribution >= 0.6 is 11.3 Å². The third-order valence-electron chi connectivity index (χ3n) is 1.94. The van der Waals surface area contributed by atoms with Gasteiger partial charge in [0.1, 0.15) is 9.84 Å². The van der Waals surface area contributed by atoms with Gasteiger partial charge in [0.15, 0.2) is 0 Å². The highest BCUT2D eigenvalue weighted by atomic mass is 32.2. The highest BCUT2D eigenvalue weighted by molar-refractivity contribution is 7.90. The summed E-state index contributed by atoms with van der Waals surface area (Å²) >= 11 is 1.61. The fourth-order valence-corrected chi connectivity index (χ4v) is 2.67. The smallest absolute Gasteiger partial charge is 0.147 e. The first-order valence-electron chi connectivity index (χ1n) is 4.46. The lowest BCUT2D eigenvalue weighted by atomic mass is 10.1. The Hall–Kier alpha value is -0.390. The van der Waals surface area contributed by atoms with Crippen molar-refractivity contribution in [2.24, 2.45) is 5.73 Å². The molecule has 1 heterocycles. The SMILES string of the molecule is CS(=O)(=O)CCCC(N)c1cccs1. The van der Waals surface area contributed by atoms with Crippen LogP contribution in [0.1, 0.15) is 23.8 Å². The van der Waals surface area contributed by atoms with Crippen molar-refractivity contribution in [3.63, 3.8) is 0 Å². The quantitative estimate of drug-likeness (QED) is 0.840. The Bertz CT molecular complexity index is 356. The van der Waals surface area contributed by atoms with Gasteiger partial charge < -0.3 is 5.73 Å². The maximum Gasteiger partial charge on any atom is 0.147 e. The summed E-state index contributed by atoms with van der Waals surface area (Å²) in [5.41, 5.74) is 5.88. The average molecular weight is 233 g/mol. The first-order chi connectivity index (χ1) is 6.49. The van der Waals surface area contributed by atoms with E-state index in [1.807, 2.05) is 17.5 Å². The van der Waals surface area contributed by atoms with E-state index in [0.29, 0.717) is 6.42 Å². The lowest BCUT2D eigenvalue weighted by Crippen LogP contribution is -2.11. The molecule has 3 nitrogen and oxygen atoms in total. The number of hydrogen-bond acceptors (Lipinski definition) is 4. The molecule has 0 spiro atoms. The van der Waals surface area contributed by atoms with Gasteiger partial charge in [-0.05, 0) is 24.3 Å². The van der Waals surface area contributed by atoms with Crippen molar-refractivity contribution < 1.29 is 8.42 Å². The minimum Gasteiger partial charge on any atom is -0.323 e. The molecule has 0 aliphatic rings. The lowest BCUT2D eigenvalue weighted by molar-refractivity contribution is 0.589. The Labute approximate surface area is 88.9 Å². The van der Waals surface area contributed by atoms with E-state index >= 15 is 0 Å². The van der Waals surface area contributed by atoms with Gasteiger partial charge in [-0.3, -0.25) is 0 Å². The van der Waals surface area contributed by atoms with Crippen LogP contribution in [-0.2, 0) is 9.84 Å². The molecule has 0 saturated heterocycles. The molecular weight excluding hydrogens is 218 g/mol. The zero-order chi connectivity index (χ0) is 10.6. The van der Waals surface area contributed by atoms with Crippen LogP contribution in [-0.4, -0.2) is 20.4 Å². The molecule has 0 aromatic carbocycles. The van der Waals surface area contributed by atoms with Gasteiger partial charge in [-0.25, -0.2) is 8.42 Å². The van der Waals surface area contributed by atoms with Gasteiger partial charge in [-0.1, -0.05) is 6.07 Å². The molecule has 0 amide bonds. The zero-order valence-corrected chi connectivity index (χ0v) is 9.77. The summed E-state index contributed by atoms with van der Waals surface area (Å²) in [6.45, 7) is 0. The van der Waals surface area contributed by atoms with Crippen LogP contribution in [0.4, 0.5) is 0 Å². The number of rotatable bonds is 5. The van der Waals surface area contributed by atoms with Crippen LogP contribution in [0.25, 0.3) is 0 Å². The molecule has 1 aromatic rings. The van der Waals surface area contributed by atoms with Crippen molar-refractivity contribution in [3.05, 3.63) is 22.4 Å². The molecule has 0 radical (unpaired) electrons. The highest BCUT2D eigenvalue weighted by Gasteiger charge is 2.08. The van der Waals surface area contributed by atoms with E-state index in [9.17, 15) is 8.42 Å². The third kappa shape index (κ3) is 4.21. The maximum atomic E-state index is 10.9. The van der Waals surface area contributed by atoms with Crippen LogP contribution < -0.4 is 5.73 Å². The largest absolute Gasteiger partial charge is 0.323 e. The van der Waals surface area contributed by atoms with Gasteiger partial charge >= 0.3 is 0 Å². The maximum absolute atomic E-state index is 10.9. The highest BCUT2D eigenvalue weighted by Crippen LogP contribution is 2.20. The molecule has 0 aliphatic carbocycles. The van der Waals surface area contributed by atoms with E-state index in [1.54, 1.807) is 11.3 Å². The summed E-state index contributed by atoms with van der Waals surface area (Å²) in [4.78, 5) is 1.12. The molecule has 2 N–H and O–H groups in total. The van der Waals surface area contributed by atoms with Crippen molar-refractivity contribution in [2.45, 2.75) is 18.9 Å². The van der Waals surface area contributed by atoms with Crippen molar-refractivity contribution in [2.75, 3.05) is 12.0 Å². The Morgan fingerprint density at radius 3 is 2.79 bits per heavy atom. The molecule has 0 aliphatic heterocycles. The first kappa shape index (κ1) is 11.7. The van der Waals surface area contributed by atoms with Crippen molar-refractivity contribution in [1.82, 2.24) is 0 Å². The monoisotopic (exact) mass is 233 g/mol. The summed E-state index contributed by atoms with van der Waals surface area (Å²) in [6, 6.07) is 3.92. The topological polar surface area (TPSA) is 60.2 Å². The van der Waals surface area contributed by atoms with Crippen LogP contribution in [0.3, 0.4) is 0 Å². The van der Waals surface area contributed by atoms with Gasteiger partial charge in [-0.2, -0.15) is 0 Å². The van der Waals surface area contributed by atoms with Crippen LogP contribution in [0, 0.1) is 0 Å². The van der Waals surface area contributed by atoms with E-state index in [1.165, 1.54) is 6.26 Å². The molecule has 0 saturated carbocycles. The molecule has 80 valence electrons. The molecule has 1 aromatic heterocycles. The van der Waals surface area contributed by atoms with Gasteiger partial charge in [0.05, 0.1) is 0 Å². The lowest BCUT2D eigenvalue weighted by Gasteiger charge is -2.08. The summed E-state index contributed by atoms with van der Waals surface area (Å²) in [6.07, 6.45) is 2.62. The summed E-state index contributed by atoms with van der Waals surface area (Å²) in [5, 5.41) is 1.98. The van der Waals surface area contributed by atoms with Crippen LogP contribution in [0.5, 0.6) is 0 Å². The van der Waals surface area contributed by atoms with Crippen molar-refractivity contribution in [1.29, 1.82) is 0 Å². The number of sulfone groups is 1. The Kier molecular flexibility index (Phi) is 4.10. The van der Waals surface area contributed by atoms with E-state index < -0.39 is 9.84 Å². The Morgan fingerprint density at radius 2 is 2.29 bits per heavy atom. The normalized spacial score (nSPS) is 14.1. The van der Waals surface area contributed by atoms with Crippen LogP contribution in [0.15, 0.2) is 17.5 Å². The van der Waals surface area contributed by atoms with E-state index in [0.717, 1.165) is 11.3 Å². The molecular formula is C9H15NO2S2. The minimum atomic E-state index is -2.84. The molecule has 1 rings (SSSR count). The van der Waals surface area contributed by atoms with E-state index in [2.05, 4.69) is 0 Å². The zero-order valence-electron chi connectivity index (χ0n) is 8.14. The standard InChI is InChI=1S/C9H15NO2S2/c1-14(11,12)7-3-4-8(10)9-5-2-6-13-9/h2,5-6,8H,3-4,7,10H2,1H3. The molecule has 0 bridgehead atoms. The van der Waals surface area contributed by atoms with Gasteiger partial charge in [0.25, 0.3) is 0 Å². The number of hydrogen-bond donors (Lipinski definition) is 1. The Balaban J connectivity index is 2.33. The second-order valence-corrected chi connectivity index (χ2v) is 6.63. The number of thiophene rings is 1. The Morgan fingerprint density at radius 1 is 1.57 bits per heavy atom. The molecule has 1 unspecified atom stereocenters. The van der Waals surface area contributed by atoms with E-state index in [-0.39, 0.29) is 11.8 Å². The van der Waals surface area contributed by atoms with Crippen molar-refractivity contribution >= 4 is 21.2 Å². The summed E-state index contributed by atoms with van der Waals surface area (Å²) in [7, 11) is -2.84. The molecule has 14 heavy (non-hydrogen) atoms. The predicted molar refractivity (Wildman–Crippen MR) is 60.2 cm³/mol. The van der Waals surface area contributed by atoms with Gasteiger partial charge in [0.2, 0.25) is 0 Å². The van der Waals surface area contributed by atoms with E-state index in [4.69, 9.17) is 5.73 Å².